The molecule has 2 heteroatoms. The maximum atomic E-state index is 5.59. The third-order valence-corrected chi connectivity index (χ3v) is 2.47. The number of hydrogen-bond acceptors (Lipinski definition) is 2. The van der Waals surface area contributed by atoms with E-state index in [1.54, 1.807) is 0 Å². The molecule has 0 fully saturated rings. The number of hydrogen-bond donors (Lipinski definition) is 1. The second kappa shape index (κ2) is 4.01. The Bertz CT molecular complexity index is 284. The molecule has 1 aliphatic heterocycles. The highest BCUT2D eigenvalue weighted by Gasteiger charge is 2.19. The smallest absolute Gasteiger partial charge is 0.0674 e. The van der Waals surface area contributed by atoms with Crippen LogP contribution >= 0.6 is 0 Å². The Morgan fingerprint density at radius 2 is 2.21 bits per heavy atom. The van der Waals surface area contributed by atoms with E-state index in [0.717, 1.165) is 13.0 Å². The first-order valence-electron chi connectivity index (χ1n) is 5.22. The second-order valence-corrected chi connectivity index (χ2v) is 4.08. The molecule has 1 unspecified atom stereocenters. The molecular formula is C12H17NO. The van der Waals surface area contributed by atoms with Crippen LogP contribution in [0.2, 0.25) is 0 Å². The lowest BCUT2D eigenvalue weighted by Gasteiger charge is -2.13. The molecule has 1 N–H and O–H groups in total. The van der Waals surface area contributed by atoms with E-state index in [0.29, 0.717) is 12.1 Å². The third-order valence-electron chi connectivity index (χ3n) is 2.47. The summed E-state index contributed by atoms with van der Waals surface area (Å²) in [5, 5.41) is 3.46. The van der Waals surface area contributed by atoms with Gasteiger partial charge >= 0.3 is 0 Å². The van der Waals surface area contributed by atoms with E-state index in [9.17, 15) is 0 Å². The van der Waals surface area contributed by atoms with Crippen molar-refractivity contribution < 1.29 is 4.74 Å². The average molecular weight is 191 g/mol. The van der Waals surface area contributed by atoms with Gasteiger partial charge in [-0.25, -0.2) is 0 Å². The van der Waals surface area contributed by atoms with E-state index in [1.807, 2.05) is 0 Å². The summed E-state index contributed by atoms with van der Waals surface area (Å²) in [4.78, 5) is 0. The minimum absolute atomic E-state index is 0.320. The van der Waals surface area contributed by atoms with Crippen LogP contribution in [0.25, 0.3) is 0 Å². The Morgan fingerprint density at radius 3 is 2.93 bits per heavy atom. The monoisotopic (exact) mass is 191 g/mol. The molecule has 0 aromatic heterocycles. The number of para-hydroxylation sites is 1. The summed E-state index contributed by atoms with van der Waals surface area (Å²) in [6.07, 6.45) is 1.41. The maximum absolute atomic E-state index is 5.59. The van der Waals surface area contributed by atoms with E-state index in [-0.39, 0.29) is 0 Å². The highest BCUT2D eigenvalue weighted by atomic mass is 16.5. The molecule has 0 aliphatic carbocycles. The lowest BCUT2D eigenvalue weighted by molar-refractivity contribution is 0.0727. The summed E-state index contributed by atoms with van der Waals surface area (Å²) in [7, 11) is 0. The average Bonchev–Trinajstić information content (AvgIpc) is 2.57. The van der Waals surface area contributed by atoms with Crippen LogP contribution in [0, 0.1) is 0 Å². The normalized spacial score (nSPS) is 19.5. The number of anilines is 1. The van der Waals surface area contributed by atoms with Crippen LogP contribution in [0.5, 0.6) is 0 Å². The molecule has 2 rings (SSSR count). The van der Waals surface area contributed by atoms with Crippen molar-refractivity contribution in [2.24, 2.45) is 0 Å². The van der Waals surface area contributed by atoms with Crippen LogP contribution in [-0.2, 0) is 11.2 Å². The molecule has 1 atom stereocenters. The largest absolute Gasteiger partial charge is 0.379 e. The molecule has 0 bridgehead atoms. The van der Waals surface area contributed by atoms with Gasteiger partial charge in [-0.05, 0) is 31.9 Å². The van der Waals surface area contributed by atoms with Gasteiger partial charge in [-0.15, -0.1) is 0 Å². The Morgan fingerprint density at radius 1 is 1.43 bits per heavy atom. The zero-order chi connectivity index (χ0) is 9.97. The number of ether oxygens (including phenoxy) is 1. The molecule has 1 aliphatic rings. The first-order valence-corrected chi connectivity index (χ1v) is 5.22. The molecule has 0 amide bonds. The third kappa shape index (κ3) is 2.07. The molecule has 2 nitrogen and oxygen atoms in total. The predicted octanol–water partition coefficient (Wildman–Crippen LogP) is 2.45. The van der Waals surface area contributed by atoms with Gasteiger partial charge in [0.2, 0.25) is 0 Å². The van der Waals surface area contributed by atoms with E-state index < -0.39 is 0 Å². The molecular weight excluding hydrogens is 174 g/mol. The van der Waals surface area contributed by atoms with Crippen molar-refractivity contribution >= 4 is 5.69 Å². The van der Waals surface area contributed by atoms with Crippen LogP contribution < -0.4 is 5.32 Å². The number of benzene rings is 1. The fourth-order valence-corrected chi connectivity index (χ4v) is 1.78. The Kier molecular flexibility index (Phi) is 2.73. The first kappa shape index (κ1) is 9.53. The number of nitrogens with one attached hydrogen (secondary N) is 1. The quantitative estimate of drug-likeness (QED) is 0.792. The SMILES string of the molecule is CC(C)OCC1Cc2ccccc2N1. The van der Waals surface area contributed by atoms with Gasteiger partial charge in [-0.2, -0.15) is 0 Å². The summed E-state index contributed by atoms with van der Waals surface area (Å²) >= 11 is 0. The zero-order valence-electron chi connectivity index (χ0n) is 8.79. The minimum Gasteiger partial charge on any atom is -0.379 e. The lowest BCUT2D eigenvalue weighted by Crippen LogP contribution is -2.24. The van der Waals surface area contributed by atoms with Crippen LogP contribution in [0.1, 0.15) is 19.4 Å². The molecule has 1 aromatic carbocycles. The molecule has 0 saturated carbocycles. The summed E-state index contributed by atoms with van der Waals surface area (Å²) < 4.78 is 5.59. The van der Waals surface area contributed by atoms with Gasteiger partial charge < -0.3 is 10.1 Å². The van der Waals surface area contributed by atoms with Crippen molar-refractivity contribution in [1.82, 2.24) is 0 Å². The minimum atomic E-state index is 0.320. The van der Waals surface area contributed by atoms with Crippen molar-refractivity contribution in [1.29, 1.82) is 0 Å². The molecule has 0 spiro atoms. The highest BCUT2D eigenvalue weighted by Crippen LogP contribution is 2.25. The Hall–Kier alpha value is -1.02. The maximum Gasteiger partial charge on any atom is 0.0674 e. The van der Waals surface area contributed by atoms with Crippen molar-refractivity contribution in [2.75, 3.05) is 11.9 Å². The van der Waals surface area contributed by atoms with Crippen molar-refractivity contribution in [3.8, 4) is 0 Å². The standard InChI is InChI=1S/C12H17NO/c1-9(2)14-8-11-7-10-5-3-4-6-12(10)13-11/h3-6,9,11,13H,7-8H2,1-2H3. The van der Waals surface area contributed by atoms with Gasteiger partial charge in [0, 0.05) is 5.69 Å². The lowest BCUT2D eigenvalue weighted by atomic mass is 10.1. The molecule has 1 aromatic rings. The van der Waals surface area contributed by atoms with E-state index in [4.69, 9.17) is 4.74 Å². The molecule has 0 radical (unpaired) electrons. The van der Waals surface area contributed by atoms with Crippen LogP contribution in [0.4, 0.5) is 5.69 Å². The van der Waals surface area contributed by atoms with Crippen LogP contribution in [-0.4, -0.2) is 18.8 Å². The van der Waals surface area contributed by atoms with E-state index >= 15 is 0 Å². The van der Waals surface area contributed by atoms with E-state index in [2.05, 4.69) is 43.4 Å². The molecule has 76 valence electrons. The van der Waals surface area contributed by atoms with Crippen molar-refractivity contribution in [2.45, 2.75) is 32.4 Å². The van der Waals surface area contributed by atoms with E-state index in [1.165, 1.54) is 11.3 Å². The molecule has 14 heavy (non-hydrogen) atoms. The van der Waals surface area contributed by atoms with Gasteiger partial charge in [0.25, 0.3) is 0 Å². The highest BCUT2D eigenvalue weighted by molar-refractivity contribution is 5.56. The van der Waals surface area contributed by atoms with Gasteiger partial charge in [0.05, 0.1) is 18.8 Å². The molecule has 0 saturated heterocycles. The second-order valence-electron chi connectivity index (χ2n) is 4.08. The van der Waals surface area contributed by atoms with Gasteiger partial charge in [-0.1, -0.05) is 18.2 Å². The topological polar surface area (TPSA) is 21.3 Å². The number of fused-ring (bicyclic) bond motifs is 1. The fraction of sp³-hybridized carbons (Fsp3) is 0.500. The number of rotatable bonds is 3. The van der Waals surface area contributed by atoms with Crippen molar-refractivity contribution in [3.05, 3.63) is 29.8 Å². The predicted molar refractivity (Wildman–Crippen MR) is 58.6 cm³/mol. The summed E-state index contributed by atoms with van der Waals surface area (Å²) in [6.45, 7) is 4.94. The first-order chi connectivity index (χ1) is 6.75. The van der Waals surface area contributed by atoms with Gasteiger partial charge in [0.15, 0.2) is 0 Å². The Balaban J connectivity index is 1.92. The summed E-state index contributed by atoms with van der Waals surface area (Å²) in [6, 6.07) is 8.92. The Labute approximate surface area is 85.3 Å². The zero-order valence-corrected chi connectivity index (χ0v) is 8.79. The summed E-state index contributed by atoms with van der Waals surface area (Å²) in [5.74, 6) is 0. The summed E-state index contributed by atoms with van der Waals surface area (Å²) in [5.41, 5.74) is 2.68. The fourth-order valence-electron chi connectivity index (χ4n) is 1.78. The van der Waals surface area contributed by atoms with Crippen LogP contribution in [0.15, 0.2) is 24.3 Å². The van der Waals surface area contributed by atoms with Gasteiger partial charge in [0.1, 0.15) is 0 Å². The van der Waals surface area contributed by atoms with Gasteiger partial charge in [-0.3, -0.25) is 0 Å². The van der Waals surface area contributed by atoms with Crippen LogP contribution in [0.3, 0.4) is 0 Å². The van der Waals surface area contributed by atoms with Crippen molar-refractivity contribution in [3.63, 3.8) is 0 Å². The molecule has 1 heterocycles.